The van der Waals surface area contributed by atoms with Gasteiger partial charge in [0.2, 0.25) is 94.5 Å². The number of hydrogen-bond acceptors (Lipinski definition) is 25. The van der Waals surface area contributed by atoms with E-state index in [1.54, 1.807) is 20.8 Å². The third-order valence-corrected chi connectivity index (χ3v) is 19.5. The van der Waals surface area contributed by atoms with E-state index in [9.17, 15) is 107 Å². The quantitative estimate of drug-likeness (QED) is 0.0205. The first-order valence-corrected chi connectivity index (χ1v) is 37.5. The number of primary amides is 4. The molecule has 3 aliphatic rings. The molecule has 43 heteroatoms. The molecule has 636 valence electrons. The lowest BCUT2D eigenvalue weighted by molar-refractivity contribution is -0.168. The molecule has 24 N–H and O–H groups in total. The molecule has 3 saturated heterocycles. The topological polar surface area (TPSA) is 692 Å². The minimum Gasteiger partial charge on any atom is -0.481 e. The molecule has 0 aromatic heterocycles. The number of fused-ring (bicyclic) bond motifs is 1. The lowest BCUT2D eigenvalue weighted by Gasteiger charge is -2.39. The number of ether oxygens (including phenoxy) is 2. The fraction of sp³-hybridized carbons (Fsp3) is 0.729. The number of likely N-dealkylation sites (N-methyl/N-ethyl adjacent to an activating group) is 1. The normalized spacial score (nSPS) is 25.6. The van der Waals surface area contributed by atoms with Crippen LogP contribution in [0.25, 0.3) is 0 Å². The number of carboxylic acids is 2. The van der Waals surface area contributed by atoms with Gasteiger partial charge in [0.15, 0.2) is 6.10 Å². The van der Waals surface area contributed by atoms with E-state index in [4.69, 9.17) is 38.1 Å². The highest BCUT2D eigenvalue weighted by Crippen LogP contribution is 2.32. The van der Waals surface area contributed by atoms with Crippen LogP contribution < -0.4 is 76.5 Å². The van der Waals surface area contributed by atoms with Gasteiger partial charge >= 0.3 is 17.9 Å². The Morgan fingerprint density at radius 1 is 0.637 bits per heavy atom. The molecule has 0 radical (unpaired) electrons. The van der Waals surface area contributed by atoms with Gasteiger partial charge in [-0.05, 0) is 109 Å². The van der Waals surface area contributed by atoms with Gasteiger partial charge in [0.25, 0.3) is 0 Å². The van der Waals surface area contributed by atoms with E-state index in [1.165, 1.54) is 13.8 Å². The highest BCUT2D eigenvalue weighted by atomic mass is 16.5. The van der Waals surface area contributed by atoms with Crippen molar-refractivity contribution in [2.24, 2.45) is 58.3 Å². The molecule has 16 amide bonds. The standard InChI is InChI=1S/C70H115N17O26/c1-12-112-55(57(75)98)51-65(106)80-41(28-48(94)95)68(109)86-24-16-14-18-44(86)70(111)113-36(10)53(66(107)83-50(35(9)89)64(105)77-37(17-13-15-23-71)59(100)79-40(26-31(4)5)67(108)85(11)43(63(104)84-51)20-22-46(73)91)87-52(56(74)97)33(7)49(69(87)110)82-62(103)42(29-88)81-60(101)38(19-21-45(72)90)76-61(102)39(27-47(92)93)78-58(99)34(8)54(96)32(6)25-30(2)3/h30-44,49-55,88-89,96H,12-29,71H2,1-11H3,(H2,72,90)(H2,73,91)(H2,74,97)(H2,75,98)(H,76,102)(H,77,105)(H,78,99)(H,79,100)(H,80,106)(H,81,101)(H,82,103)(H,83,107)(H,84,104)(H,92,93)(H,94,95)/t32?,33-,34?,35-,36-,37-,38+,39-,40+,41-,42+,43+,44+,49+,50?,51+,52-,53-,54-,55+/m1/s1. The van der Waals surface area contributed by atoms with Gasteiger partial charge in [-0.1, -0.05) is 48.5 Å². The number of carbonyl (C=O) groups excluding carboxylic acids is 17. The van der Waals surface area contributed by atoms with Crippen LogP contribution in [0, 0.1) is 29.6 Å². The lowest BCUT2D eigenvalue weighted by atomic mass is 9.87. The predicted molar refractivity (Wildman–Crippen MR) is 393 cm³/mol. The van der Waals surface area contributed by atoms with E-state index in [0.29, 0.717) is 11.3 Å². The average Bonchev–Trinajstić information content (AvgIpc) is 1.61. The maximum atomic E-state index is 15.5. The molecule has 0 aliphatic carbocycles. The largest absolute Gasteiger partial charge is 0.481 e. The maximum Gasteiger partial charge on any atom is 0.329 e. The van der Waals surface area contributed by atoms with Gasteiger partial charge < -0.3 is 126 Å². The summed E-state index contributed by atoms with van der Waals surface area (Å²) in [7, 11) is 1.07. The van der Waals surface area contributed by atoms with Crippen molar-refractivity contribution in [1.29, 1.82) is 0 Å². The van der Waals surface area contributed by atoms with Crippen LogP contribution in [-0.2, 0) is 101 Å². The Kier molecular flexibility index (Phi) is 39.0. The molecule has 0 aromatic rings. The molecule has 3 heterocycles. The number of likely N-dealkylation sites (tertiary alicyclic amines) is 1. The van der Waals surface area contributed by atoms with E-state index >= 15 is 9.59 Å². The van der Waals surface area contributed by atoms with E-state index in [-0.39, 0.29) is 64.0 Å². The number of carboxylic acid groups (broad SMARTS) is 2. The first-order valence-electron chi connectivity index (χ1n) is 37.5. The number of amides is 16. The second kappa shape index (κ2) is 45.4. The zero-order chi connectivity index (χ0) is 85.9. The van der Waals surface area contributed by atoms with Crippen molar-refractivity contribution in [2.45, 2.75) is 262 Å². The van der Waals surface area contributed by atoms with E-state index in [2.05, 4.69) is 47.9 Å². The molecule has 0 aromatic carbocycles. The fourth-order valence-corrected chi connectivity index (χ4v) is 13.7. The lowest BCUT2D eigenvalue weighted by Crippen LogP contribution is -2.64. The zero-order valence-corrected chi connectivity index (χ0v) is 65.5. The van der Waals surface area contributed by atoms with Crippen LogP contribution in [0.2, 0.25) is 0 Å². The second-order valence-electron chi connectivity index (χ2n) is 29.6. The number of rotatable bonds is 36. The fourth-order valence-electron chi connectivity index (χ4n) is 13.7. The van der Waals surface area contributed by atoms with Crippen molar-refractivity contribution in [3.8, 4) is 0 Å². The SMILES string of the molecule is CCO[C@H](C(N)=O)[C@@H]1NC(=O)[C@H](CCC(N)=O)N(C)C(=O)[C@H](CC(C)C)NC(=O)[C@@H](CCCCN)NC(=O)C([C@@H](C)O)NC(=O)[C@H](N2C(=O)[C@@H](NC(=O)[C@H](CO)NC(=O)[C@H](CCC(N)=O)NC(=O)[C@@H](CC(=O)O)NC(=O)C(C)[C@H](O)C(C)CC(C)C)[C@@H](C)[C@@H]2C(N)=O)[C@@H](C)OC(=O)[C@@H]2CCCCN2C(=O)[C@@H](CC(=O)O)NC1=O. The summed E-state index contributed by atoms with van der Waals surface area (Å²) in [6.45, 7) is 12.4. The van der Waals surface area contributed by atoms with Gasteiger partial charge in [0.05, 0.1) is 37.6 Å². The van der Waals surface area contributed by atoms with E-state index in [0.717, 1.165) is 37.6 Å². The number of nitrogens with two attached hydrogens (primary N) is 5. The summed E-state index contributed by atoms with van der Waals surface area (Å²) in [6.07, 6.45) is -12.2. The number of aliphatic hydroxyl groups is 3. The van der Waals surface area contributed by atoms with Gasteiger partial charge in [0.1, 0.15) is 84.6 Å². The Balaban J connectivity index is 2.36. The van der Waals surface area contributed by atoms with Crippen molar-refractivity contribution < 1.29 is 126 Å². The van der Waals surface area contributed by atoms with Gasteiger partial charge in [-0.25, -0.2) is 4.79 Å². The molecular formula is C70H115N17O26. The molecule has 0 spiro atoms. The molecule has 20 atom stereocenters. The predicted octanol–water partition coefficient (Wildman–Crippen LogP) is -8.20. The van der Waals surface area contributed by atoms with Gasteiger partial charge in [-0.2, -0.15) is 0 Å². The number of cyclic esters (lactones) is 1. The number of esters is 1. The number of aliphatic hydroxyl groups excluding tert-OH is 3. The zero-order valence-electron chi connectivity index (χ0n) is 65.5. The molecule has 0 saturated carbocycles. The first-order chi connectivity index (χ1) is 52.8. The summed E-state index contributed by atoms with van der Waals surface area (Å²) in [4.78, 5) is 269. The maximum absolute atomic E-state index is 15.5. The number of nitrogens with zero attached hydrogens (tertiary/aromatic N) is 3. The number of aliphatic carboxylic acids is 2. The summed E-state index contributed by atoms with van der Waals surface area (Å²) in [5, 5.41) is 73.7. The molecule has 3 rings (SSSR count). The summed E-state index contributed by atoms with van der Waals surface area (Å²) in [6, 6.07) is -26.3. The average molecular weight is 1610 g/mol. The smallest absolute Gasteiger partial charge is 0.329 e. The minimum atomic E-state index is -2.45. The van der Waals surface area contributed by atoms with Crippen LogP contribution in [0.5, 0.6) is 0 Å². The van der Waals surface area contributed by atoms with Crippen molar-refractivity contribution in [3.63, 3.8) is 0 Å². The van der Waals surface area contributed by atoms with Crippen LogP contribution in [0.1, 0.15) is 159 Å². The molecule has 113 heavy (non-hydrogen) atoms. The number of carbonyl (C=O) groups is 19. The highest BCUT2D eigenvalue weighted by molar-refractivity contribution is 6.04. The minimum absolute atomic E-state index is 0.0536. The Bertz CT molecular complexity index is 3450. The molecule has 3 fully saturated rings. The first kappa shape index (κ1) is 96.9. The van der Waals surface area contributed by atoms with E-state index in [1.807, 2.05) is 13.8 Å². The molecule has 3 unspecified atom stereocenters. The highest BCUT2D eigenvalue weighted by Gasteiger charge is 2.56. The number of nitrogens with one attached hydrogen (secondary N) is 9. The van der Waals surface area contributed by atoms with Crippen molar-refractivity contribution >= 4 is 112 Å². The van der Waals surface area contributed by atoms with Crippen LogP contribution in [0.3, 0.4) is 0 Å². The number of unbranched alkanes of at least 4 members (excludes halogenated alkanes) is 1. The summed E-state index contributed by atoms with van der Waals surface area (Å²) >= 11 is 0. The van der Waals surface area contributed by atoms with E-state index < -0.39 is 291 Å². The van der Waals surface area contributed by atoms with Crippen molar-refractivity contribution in [2.75, 3.05) is 33.4 Å². The van der Waals surface area contributed by atoms with Crippen molar-refractivity contribution in [1.82, 2.24) is 62.6 Å². The van der Waals surface area contributed by atoms with Crippen LogP contribution >= 0.6 is 0 Å². The number of hydrogen-bond donors (Lipinski definition) is 19. The van der Waals surface area contributed by atoms with Gasteiger partial charge in [-0.15, -0.1) is 0 Å². The third-order valence-electron chi connectivity index (χ3n) is 19.5. The third kappa shape index (κ3) is 28.4. The Morgan fingerprint density at radius 3 is 1.75 bits per heavy atom. The summed E-state index contributed by atoms with van der Waals surface area (Å²) in [5.41, 5.74) is 28.4. The molecular weight excluding hydrogens is 1490 g/mol. The Morgan fingerprint density at radius 2 is 1.21 bits per heavy atom. The van der Waals surface area contributed by atoms with Crippen molar-refractivity contribution in [3.05, 3.63) is 0 Å². The van der Waals surface area contributed by atoms with Crippen LogP contribution in [0.4, 0.5) is 0 Å². The molecule has 0 bridgehead atoms. The second-order valence-corrected chi connectivity index (χ2v) is 29.6. The molecule has 43 nitrogen and oxygen atoms in total. The van der Waals surface area contributed by atoms with Crippen LogP contribution in [0.15, 0.2) is 0 Å². The van der Waals surface area contributed by atoms with Gasteiger partial charge in [0, 0.05) is 39.0 Å². The monoisotopic (exact) mass is 1610 g/mol. The molecule has 3 aliphatic heterocycles. The summed E-state index contributed by atoms with van der Waals surface area (Å²) in [5.74, 6) is -29.0. The van der Waals surface area contributed by atoms with Crippen LogP contribution in [-0.4, -0.2) is 289 Å². The summed E-state index contributed by atoms with van der Waals surface area (Å²) < 4.78 is 11.5. The Labute approximate surface area is 652 Å². The Hall–Kier alpha value is -10.3. The van der Waals surface area contributed by atoms with Gasteiger partial charge in [-0.3, -0.25) is 86.3 Å². The number of piperidine rings is 1.